The van der Waals surface area contributed by atoms with Crippen LogP contribution >= 0.6 is 11.6 Å². The molecule has 3 aromatic rings. The lowest BCUT2D eigenvalue weighted by atomic mass is 10.1. The summed E-state index contributed by atoms with van der Waals surface area (Å²) in [6, 6.07) is 13.5. The summed E-state index contributed by atoms with van der Waals surface area (Å²) in [6.07, 6.45) is 1.98. The molecule has 1 aliphatic rings. The first-order valence-corrected chi connectivity index (χ1v) is 9.70. The van der Waals surface area contributed by atoms with E-state index in [1.54, 1.807) is 25.3 Å². The van der Waals surface area contributed by atoms with E-state index in [-0.39, 0.29) is 11.9 Å². The minimum atomic E-state index is 0.0119. The molecule has 146 valence electrons. The lowest BCUT2D eigenvalue weighted by molar-refractivity contribution is 0.0631. The van der Waals surface area contributed by atoms with Crippen LogP contribution < -0.4 is 5.32 Å². The minimum absolute atomic E-state index is 0.0119. The Morgan fingerprint density at radius 3 is 3.07 bits per heavy atom. The van der Waals surface area contributed by atoms with Crippen LogP contribution in [0.5, 0.6) is 0 Å². The molecular weight excluding hydrogens is 378 g/mol. The molecule has 7 heteroatoms. The van der Waals surface area contributed by atoms with Crippen LogP contribution in [0, 0.1) is 0 Å². The van der Waals surface area contributed by atoms with Crippen LogP contribution in [0.3, 0.4) is 0 Å². The van der Waals surface area contributed by atoms with Crippen LogP contribution in [0.2, 0.25) is 5.02 Å². The van der Waals surface area contributed by atoms with Crippen LogP contribution in [0.15, 0.2) is 46.9 Å². The van der Waals surface area contributed by atoms with Crippen LogP contribution in [-0.2, 0) is 11.3 Å². The van der Waals surface area contributed by atoms with Crippen molar-refractivity contribution in [2.75, 3.05) is 25.6 Å². The van der Waals surface area contributed by atoms with Crippen molar-refractivity contribution in [2.45, 2.75) is 25.4 Å². The van der Waals surface area contributed by atoms with E-state index < -0.39 is 0 Å². The highest BCUT2D eigenvalue weighted by atomic mass is 35.5. The molecule has 0 spiro atoms. The zero-order valence-electron chi connectivity index (χ0n) is 15.7. The maximum atomic E-state index is 12.9. The number of oxazole rings is 1. The van der Waals surface area contributed by atoms with E-state index in [1.165, 1.54) is 0 Å². The Morgan fingerprint density at radius 2 is 2.25 bits per heavy atom. The van der Waals surface area contributed by atoms with Crippen molar-refractivity contribution >= 4 is 34.6 Å². The van der Waals surface area contributed by atoms with E-state index in [4.69, 9.17) is 20.8 Å². The van der Waals surface area contributed by atoms with E-state index >= 15 is 0 Å². The first-order chi connectivity index (χ1) is 13.6. The lowest BCUT2D eigenvalue weighted by Gasteiger charge is -2.24. The number of hydrogen-bond donors (Lipinski definition) is 1. The highest BCUT2D eigenvalue weighted by molar-refractivity contribution is 6.30. The summed E-state index contributed by atoms with van der Waals surface area (Å²) >= 11 is 6.01. The van der Waals surface area contributed by atoms with Gasteiger partial charge in [-0.25, -0.2) is 0 Å². The highest BCUT2D eigenvalue weighted by Gasteiger charge is 2.29. The van der Waals surface area contributed by atoms with Gasteiger partial charge < -0.3 is 19.4 Å². The van der Waals surface area contributed by atoms with Gasteiger partial charge in [-0.2, -0.15) is 4.98 Å². The molecule has 2 heterocycles. The number of benzene rings is 2. The van der Waals surface area contributed by atoms with Gasteiger partial charge in [0.05, 0.1) is 12.6 Å². The lowest BCUT2D eigenvalue weighted by Crippen LogP contribution is -2.38. The fourth-order valence-corrected chi connectivity index (χ4v) is 3.81. The van der Waals surface area contributed by atoms with Crippen molar-refractivity contribution in [3.05, 3.63) is 58.6 Å². The number of aromatic nitrogens is 1. The number of methoxy groups -OCH3 is 1. The quantitative estimate of drug-likeness (QED) is 0.667. The molecule has 4 rings (SSSR count). The third-order valence-electron chi connectivity index (χ3n) is 4.96. The average molecular weight is 400 g/mol. The van der Waals surface area contributed by atoms with Crippen LogP contribution in [0.1, 0.15) is 28.8 Å². The van der Waals surface area contributed by atoms with Gasteiger partial charge in [0.2, 0.25) is 0 Å². The Hall–Kier alpha value is -2.57. The van der Waals surface area contributed by atoms with Gasteiger partial charge in [0, 0.05) is 30.8 Å². The fourth-order valence-electron chi connectivity index (χ4n) is 3.60. The second-order valence-corrected chi connectivity index (χ2v) is 7.37. The van der Waals surface area contributed by atoms with Crippen molar-refractivity contribution in [1.82, 2.24) is 9.88 Å². The van der Waals surface area contributed by atoms with Gasteiger partial charge in [-0.05, 0) is 48.7 Å². The molecule has 0 radical (unpaired) electrons. The van der Waals surface area contributed by atoms with E-state index in [1.807, 2.05) is 29.2 Å². The molecular formula is C21H22ClN3O3. The molecule has 1 fully saturated rings. The molecule has 0 unspecified atom stereocenters. The number of ether oxygens (including phenoxy) is 1. The third kappa shape index (κ3) is 3.98. The first-order valence-electron chi connectivity index (χ1n) is 9.33. The molecule has 1 amide bonds. The highest BCUT2D eigenvalue weighted by Crippen LogP contribution is 2.24. The number of nitrogens with zero attached hydrogens (tertiary/aromatic N) is 2. The molecule has 0 bridgehead atoms. The van der Waals surface area contributed by atoms with E-state index in [9.17, 15) is 4.79 Å². The van der Waals surface area contributed by atoms with Crippen molar-refractivity contribution in [3.63, 3.8) is 0 Å². The minimum Gasteiger partial charge on any atom is -0.424 e. The summed E-state index contributed by atoms with van der Waals surface area (Å²) in [7, 11) is 1.67. The topological polar surface area (TPSA) is 67.6 Å². The predicted octanol–water partition coefficient (Wildman–Crippen LogP) is 4.34. The van der Waals surface area contributed by atoms with Gasteiger partial charge in [-0.1, -0.05) is 23.7 Å². The summed E-state index contributed by atoms with van der Waals surface area (Å²) < 4.78 is 11.0. The largest absolute Gasteiger partial charge is 0.424 e. The number of likely N-dealkylation sites (tertiary alicyclic amines) is 1. The molecule has 1 N–H and O–H groups in total. The normalized spacial score (nSPS) is 16.6. The van der Waals surface area contributed by atoms with Crippen LogP contribution in [0.25, 0.3) is 11.1 Å². The van der Waals surface area contributed by atoms with Crippen molar-refractivity contribution in [1.29, 1.82) is 0 Å². The third-order valence-corrected chi connectivity index (χ3v) is 5.20. The fraction of sp³-hybridized carbons (Fsp3) is 0.333. The summed E-state index contributed by atoms with van der Waals surface area (Å²) in [6.45, 7) is 1.87. The maximum absolute atomic E-state index is 12.9. The Kier molecular flexibility index (Phi) is 5.50. The zero-order chi connectivity index (χ0) is 19.5. The zero-order valence-corrected chi connectivity index (χ0v) is 16.4. The number of rotatable bonds is 6. The molecule has 6 nitrogen and oxygen atoms in total. The Morgan fingerprint density at radius 1 is 1.36 bits per heavy atom. The summed E-state index contributed by atoms with van der Waals surface area (Å²) in [5.74, 6) is 0.0119. The van der Waals surface area contributed by atoms with Crippen molar-refractivity contribution in [3.8, 4) is 0 Å². The van der Waals surface area contributed by atoms with E-state index in [0.717, 1.165) is 24.9 Å². The monoisotopic (exact) mass is 399 g/mol. The van der Waals surface area contributed by atoms with Gasteiger partial charge in [0.25, 0.3) is 11.9 Å². The van der Waals surface area contributed by atoms with Gasteiger partial charge in [-0.3, -0.25) is 4.79 Å². The summed E-state index contributed by atoms with van der Waals surface area (Å²) in [4.78, 5) is 19.3. The molecule has 28 heavy (non-hydrogen) atoms. The molecule has 0 aliphatic carbocycles. The SMILES string of the molecule is COC[C@@H]1CCCN1C(=O)c1ccc2oc(NCc3cccc(Cl)c3)nc2c1. The number of anilines is 1. The standard InChI is InChI=1S/C21H22ClN3O3/c1-27-13-17-6-3-9-25(17)20(26)15-7-8-19-18(11-15)24-21(28-19)23-12-14-4-2-5-16(22)10-14/h2,4-5,7-8,10-11,17H,3,6,9,12-13H2,1H3,(H,23,24)/t17-/m0/s1. The number of hydrogen-bond acceptors (Lipinski definition) is 5. The molecule has 1 saturated heterocycles. The summed E-state index contributed by atoms with van der Waals surface area (Å²) in [5.41, 5.74) is 2.94. The van der Waals surface area contributed by atoms with Gasteiger partial charge in [0.1, 0.15) is 5.52 Å². The Balaban J connectivity index is 1.49. The number of nitrogens with one attached hydrogen (secondary N) is 1. The number of amides is 1. The molecule has 1 aliphatic heterocycles. The molecule has 1 atom stereocenters. The molecule has 1 aromatic heterocycles. The molecule has 2 aromatic carbocycles. The maximum Gasteiger partial charge on any atom is 0.295 e. The number of fused-ring (bicyclic) bond motifs is 1. The average Bonchev–Trinajstić information content (AvgIpc) is 3.32. The van der Waals surface area contributed by atoms with Gasteiger partial charge >= 0.3 is 0 Å². The Labute approximate surface area is 168 Å². The number of carbonyl (C=O) groups excluding carboxylic acids is 1. The number of carbonyl (C=O) groups is 1. The first kappa shape index (κ1) is 18.8. The Bertz CT molecular complexity index is 988. The predicted molar refractivity (Wildman–Crippen MR) is 109 cm³/mol. The van der Waals surface area contributed by atoms with Gasteiger partial charge in [0.15, 0.2) is 5.58 Å². The second kappa shape index (κ2) is 8.20. The number of halogens is 1. The van der Waals surface area contributed by atoms with E-state index in [2.05, 4.69) is 10.3 Å². The van der Waals surface area contributed by atoms with Crippen LogP contribution in [-0.4, -0.2) is 42.1 Å². The van der Waals surface area contributed by atoms with Crippen LogP contribution in [0.4, 0.5) is 6.01 Å². The summed E-state index contributed by atoms with van der Waals surface area (Å²) in [5, 5.41) is 3.85. The van der Waals surface area contributed by atoms with E-state index in [0.29, 0.717) is 40.9 Å². The smallest absolute Gasteiger partial charge is 0.295 e. The van der Waals surface area contributed by atoms with Crippen molar-refractivity contribution < 1.29 is 13.9 Å². The van der Waals surface area contributed by atoms with Gasteiger partial charge in [-0.15, -0.1) is 0 Å². The van der Waals surface area contributed by atoms with Crippen molar-refractivity contribution in [2.24, 2.45) is 0 Å². The molecule has 0 saturated carbocycles. The second-order valence-electron chi connectivity index (χ2n) is 6.93.